The summed E-state index contributed by atoms with van der Waals surface area (Å²) >= 11 is 1.70. The molecule has 2 aromatic rings. The number of hydrogen-bond acceptors (Lipinski definition) is 3. The minimum absolute atomic E-state index is 0.291. The van der Waals surface area contributed by atoms with Crippen molar-refractivity contribution in [1.29, 1.82) is 0 Å². The molecule has 1 aromatic heterocycles. The first-order valence-electron chi connectivity index (χ1n) is 8.77. The molecule has 1 atom stereocenters. The fourth-order valence-electron chi connectivity index (χ4n) is 3.67. The summed E-state index contributed by atoms with van der Waals surface area (Å²) < 4.78 is 5.39. The van der Waals surface area contributed by atoms with Gasteiger partial charge in [-0.1, -0.05) is 32.0 Å². The van der Waals surface area contributed by atoms with E-state index >= 15 is 0 Å². The molecule has 0 aliphatic heterocycles. The van der Waals surface area contributed by atoms with E-state index in [1.807, 2.05) is 24.3 Å². The maximum absolute atomic E-state index is 12.8. The van der Waals surface area contributed by atoms with Crippen molar-refractivity contribution >= 4 is 17.1 Å². The van der Waals surface area contributed by atoms with Crippen LogP contribution in [0.2, 0.25) is 0 Å². The van der Waals surface area contributed by atoms with Crippen LogP contribution in [0.15, 0.2) is 24.3 Å². The fourth-order valence-corrected chi connectivity index (χ4v) is 4.85. The van der Waals surface area contributed by atoms with Gasteiger partial charge in [-0.05, 0) is 60.8 Å². The maximum Gasteiger partial charge on any atom is 0.173 e. The lowest BCUT2D eigenvalue weighted by atomic mass is 9.93. The van der Waals surface area contributed by atoms with E-state index in [1.165, 1.54) is 16.0 Å². The van der Waals surface area contributed by atoms with Gasteiger partial charge < -0.3 is 4.74 Å². The number of ketones is 1. The summed E-state index contributed by atoms with van der Waals surface area (Å²) in [6, 6.07) is 7.97. The van der Waals surface area contributed by atoms with Crippen LogP contribution in [0, 0.1) is 18.8 Å². The molecule has 0 radical (unpaired) electrons. The number of thiophene rings is 1. The van der Waals surface area contributed by atoms with Crippen molar-refractivity contribution < 1.29 is 9.53 Å². The number of fused-ring (bicyclic) bond motifs is 1. The summed E-state index contributed by atoms with van der Waals surface area (Å²) in [4.78, 5) is 15.2. The monoisotopic (exact) mass is 342 g/mol. The van der Waals surface area contributed by atoms with Gasteiger partial charge in [-0.2, -0.15) is 0 Å². The topological polar surface area (TPSA) is 26.3 Å². The Morgan fingerprint density at radius 2 is 1.96 bits per heavy atom. The molecule has 1 aromatic carbocycles. The Kier molecular flexibility index (Phi) is 5.09. The van der Waals surface area contributed by atoms with E-state index in [0.717, 1.165) is 35.5 Å². The van der Waals surface area contributed by atoms with E-state index < -0.39 is 0 Å². The van der Waals surface area contributed by atoms with Crippen LogP contribution in [0.1, 0.15) is 51.5 Å². The highest BCUT2D eigenvalue weighted by Crippen LogP contribution is 2.40. The molecule has 0 saturated carbocycles. The molecule has 0 bridgehead atoms. The van der Waals surface area contributed by atoms with Crippen LogP contribution in [-0.2, 0) is 19.3 Å². The van der Waals surface area contributed by atoms with Gasteiger partial charge in [0.25, 0.3) is 0 Å². The summed E-state index contributed by atoms with van der Waals surface area (Å²) in [6.45, 7) is 6.75. The van der Waals surface area contributed by atoms with Crippen molar-refractivity contribution in [3.63, 3.8) is 0 Å². The number of hydrogen-bond donors (Lipinski definition) is 0. The molecular weight excluding hydrogens is 316 g/mol. The van der Waals surface area contributed by atoms with Crippen LogP contribution < -0.4 is 4.74 Å². The second-order valence-corrected chi connectivity index (χ2v) is 8.32. The molecule has 2 nitrogen and oxygen atoms in total. The number of Topliss-reactive ketones (excluding diaryl/α,β-unsaturated/α-hetero) is 1. The van der Waals surface area contributed by atoms with Crippen LogP contribution in [0.5, 0.6) is 5.75 Å². The lowest BCUT2D eigenvalue weighted by molar-refractivity contribution is 0.0985. The quantitative estimate of drug-likeness (QED) is 0.670. The zero-order valence-corrected chi connectivity index (χ0v) is 15.8. The number of aryl methyl sites for hydroxylation is 2. The number of carbonyl (C=O) groups is 1. The molecule has 0 unspecified atom stereocenters. The molecule has 1 aliphatic rings. The van der Waals surface area contributed by atoms with E-state index in [2.05, 4.69) is 20.8 Å². The Balaban J connectivity index is 1.74. The van der Waals surface area contributed by atoms with Crippen molar-refractivity contribution in [2.45, 2.75) is 46.5 Å². The lowest BCUT2D eigenvalue weighted by Gasteiger charge is -2.13. The van der Waals surface area contributed by atoms with Crippen molar-refractivity contribution in [2.24, 2.45) is 11.8 Å². The molecule has 0 N–H and O–H groups in total. The molecule has 0 spiro atoms. The molecule has 0 amide bonds. The summed E-state index contributed by atoms with van der Waals surface area (Å²) in [5.74, 6) is 2.54. The van der Waals surface area contributed by atoms with E-state index in [-0.39, 0.29) is 0 Å². The van der Waals surface area contributed by atoms with Gasteiger partial charge in [0.15, 0.2) is 5.78 Å². The van der Waals surface area contributed by atoms with Crippen molar-refractivity contribution in [1.82, 2.24) is 0 Å². The van der Waals surface area contributed by atoms with Crippen LogP contribution >= 0.6 is 11.3 Å². The first-order valence-corrected chi connectivity index (χ1v) is 9.59. The van der Waals surface area contributed by atoms with Crippen LogP contribution in [-0.4, -0.2) is 12.9 Å². The van der Waals surface area contributed by atoms with Crippen molar-refractivity contribution in [3.05, 3.63) is 50.7 Å². The molecule has 3 heteroatoms. The summed E-state index contributed by atoms with van der Waals surface area (Å²) in [5.41, 5.74) is 3.92. The molecule has 0 fully saturated rings. The van der Waals surface area contributed by atoms with Gasteiger partial charge in [0, 0.05) is 11.3 Å². The van der Waals surface area contributed by atoms with Crippen LogP contribution in [0.3, 0.4) is 0 Å². The average molecular weight is 343 g/mol. The van der Waals surface area contributed by atoms with Gasteiger partial charge >= 0.3 is 0 Å². The predicted octanol–water partition coefficient (Wildman–Crippen LogP) is 5.25. The molecule has 0 saturated heterocycles. The Morgan fingerprint density at radius 1 is 1.25 bits per heavy atom. The SMILES string of the molecule is COc1ccccc1CCC(=O)c1sc(C)c2c1C[C@@H](C(C)C)C2. The molecule has 128 valence electrons. The van der Waals surface area contributed by atoms with E-state index in [1.54, 1.807) is 18.4 Å². The Bertz CT molecular complexity index is 742. The highest BCUT2D eigenvalue weighted by molar-refractivity contribution is 7.14. The second-order valence-electron chi connectivity index (χ2n) is 7.09. The third-order valence-corrected chi connectivity index (χ3v) is 6.49. The number of para-hydroxylation sites is 1. The van der Waals surface area contributed by atoms with Crippen molar-refractivity contribution in [3.8, 4) is 5.75 Å². The van der Waals surface area contributed by atoms with Gasteiger partial charge in [-0.15, -0.1) is 11.3 Å². The average Bonchev–Trinajstić information content (AvgIpc) is 3.14. The summed E-state index contributed by atoms with van der Waals surface area (Å²) in [7, 11) is 1.68. The predicted molar refractivity (Wildman–Crippen MR) is 100 cm³/mol. The largest absolute Gasteiger partial charge is 0.496 e. The number of carbonyl (C=O) groups excluding carboxylic acids is 1. The zero-order chi connectivity index (χ0) is 17.3. The van der Waals surface area contributed by atoms with Gasteiger partial charge in [-0.3, -0.25) is 4.79 Å². The van der Waals surface area contributed by atoms with E-state index in [0.29, 0.717) is 24.0 Å². The van der Waals surface area contributed by atoms with E-state index in [9.17, 15) is 4.79 Å². The molecule has 1 heterocycles. The van der Waals surface area contributed by atoms with Gasteiger partial charge in [-0.25, -0.2) is 0 Å². The number of ether oxygens (including phenoxy) is 1. The van der Waals surface area contributed by atoms with Gasteiger partial charge in [0.05, 0.1) is 12.0 Å². The Hall–Kier alpha value is -1.61. The molecular formula is C21H26O2S. The first kappa shape index (κ1) is 17.2. The molecule has 3 rings (SSSR count). The van der Waals surface area contributed by atoms with Crippen LogP contribution in [0.25, 0.3) is 0 Å². The third kappa shape index (κ3) is 3.27. The Labute approximate surface area is 148 Å². The standard InChI is InChI=1S/C21H26O2S/c1-13(2)16-11-17-14(3)24-21(18(17)12-16)19(22)10-9-15-7-5-6-8-20(15)23-4/h5-8,13,16H,9-12H2,1-4H3/t16-/m0/s1. The number of rotatable bonds is 6. The normalized spacial score (nSPS) is 16.5. The number of methoxy groups -OCH3 is 1. The first-order chi connectivity index (χ1) is 11.5. The minimum atomic E-state index is 0.291. The number of benzene rings is 1. The smallest absolute Gasteiger partial charge is 0.173 e. The second kappa shape index (κ2) is 7.10. The highest BCUT2D eigenvalue weighted by Gasteiger charge is 2.31. The minimum Gasteiger partial charge on any atom is -0.496 e. The highest BCUT2D eigenvalue weighted by atomic mass is 32.1. The molecule has 24 heavy (non-hydrogen) atoms. The Morgan fingerprint density at radius 3 is 2.67 bits per heavy atom. The summed E-state index contributed by atoms with van der Waals surface area (Å²) in [6.07, 6.45) is 3.52. The zero-order valence-electron chi connectivity index (χ0n) is 15.0. The third-order valence-electron chi connectivity index (χ3n) is 5.26. The van der Waals surface area contributed by atoms with Crippen molar-refractivity contribution in [2.75, 3.05) is 7.11 Å². The van der Waals surface area contributed by atoms with Gasteiger partial charge in [0.2, 0.25) is 0 Å². The summed E-state index contributed by atoms with van der Waals surface area (Å²) in [5, 5.41) is 0. The fraction of sp³-hybridized carbons (Fsp3) is 0.476. The molecule has 1 aliphatic carbocycles. The lowest BCUT2D eigenvalue weighted by Crippen LogP contribution is -2.09. The van der Waals surface area contributed by atoms with Crippen LogP contribution in [0.4, 0.5) is 0 Å². The van der Waals surface area contributed by atoms with E-state index in [4.69, 9.17) is 4.74 Å². The van der Waals surface area contributed by atoms with Gasteiger partial charge in [0.1, 0.15) is 5.75 Å². The maximum atomic E-state index is 12.8.